The standard InChI is InChI=1S/C13H22O.C12H20O3.C12H20O2.2C12H18O2.2C10H16O.2C10H16.C2H4O3.BF3.HO4P.H2/c1-4-7-14-12-9-13(3)6-5-11(8-13)10(12)2;1-8-9-4-5-12(2,6-9)7-10(8)15-11(13)14-3;3*1-8-10-4-5-12(3,6-10)7-11(8)14-9(2)13;1-9-4-3-7(5-9)10(2)8(6-9)11-10;1-7-8-3-4-10(2,5-8)6-9(7)11;1-8-3-5-10(2)6-4-9(8)7-10;1-4-10(3)7-5-9(2)6-8-10;1-2(3)5-4;2-1(3)4;1-4-5(2)3;/h4,10-12H,1,5-9H2,2-3H3;8-10H,4-7H2,1-3H3;8,10-11H,4-7H2,1-3H3;10H,4-7H2,1-3H3;7-8,10H,4-6H2,1-3H3;2*7-8H,3-6H2,1-2H3;3,9H,4-7H2,1-2H3;4-5H,1,6-8H2,2-3H3;4H,1H3;;1H;1H. The molecule has 0 aromatic carbocycles. The van der Waals surface area contributed by atoms with Crippen LogP contribution in [0, 0.1) is 126 Å². The zero-order valence-electron chi connectivity index (χ0n) is 82.4. The number of ether oxygens (including phenoxy) is 7. The van der Waals surface area contributed by atoms with Crippen LogP contribution in [0.3, 0.4) is 0 Å². The minimum absolute atomic E-state index is 0. The van der Waals surface area contributed by atoms with Crippen molar-refractivity contribution in [1.29, 1.82) is 0 Å². The lowest BCUT2D eigenvalue weighted by Gasteiger charge is -2.39. The van der Waals surface area contributed by atoms with Gasteiger partial charge in [-0.1, -0.05) is 132 Å². The molecule has 0 amide bonds. The molecule has 0 aromatic heterocycles. The van der Waals surface area contributed by atoms with Gasteiger partial charge in [-0.05, 0) is 363 Å². The van der Waals surface area contributed by atoms with E-state index in [4.69, 9.17) is 48.4 Å². The van der Waals surface area contributed by atoms with Crippen LogP contribution in [0.2, 0.25) is 0 Å². The molecule has 19 nitrogen and oxygen atoms in total. The third-order valence-corrected chi connectivity index (χ3v) is 34.5. The zero-order valence-corrected chi connectivity index (χ0v) is 83.3. The van der Waals surface area contributed by atoms with Gasteiger partial charge in [0.1, 0.15) is 29.5 Å². The summed E-state index contributed by atoms with van der Waals surface area (Å²) < 4.78 is 78.1. The van der Waals surface area contributed by atoms with E-state index in [2.05, 4.69) is 176 Å². The quantitative estimate of drug-likeness (QED) is 0.0317. The number of epoxide rings is 1. The minimum atomic E-state index is -3.67. The third kappa shape index (κ3) is 31.8. The van der Waals surface area contributed by atoms with Crippen LogP contribution in [0.25, 0.3) is 0 Å². The molecule has 18 aliphatic rings. The highest BCUT2D eigenvalue weighted by Gasteiger charge is 2.66. The molecule has 13 saturated carbocycles. The number of rotatable bonds is 9. The molecule has 24 heteroatoms. The van der Waals surface area contributed by atoms with Gasteiger partial charge < -0.3 is 42.9 Å². The maximum Gasteiger partial charge on any atom is 0.762 e. The third-order valence-electron chi connectivity index (χ3n) is 34.4. The monoisotopic (exact) mass is 1810 g/mol. The molecule has 18 rings (SSSR count). The summed E-state index contributed by atoms with van der Waals surface area (Å²) in [5.41, 5.74) is 9.12. The first-order chi connectivity index (χ1) is 59.0. The number of ketones is 1. The van der Waals surface area contributed by atoms with Gasteiger partial charge in [0.05, 0.1) is 31.5 Å². The Kier molecular flexibility index (Phi) is 39.7. The van der Waals surface area contributed by atoms with Crippen LogP contribution in [-0.2, 0) is 71.3 Å². The van der Waals surface area contributed by atoms with Gasteiger partial charge in [-0.15, -0.1) is 13.2 Å². The summed E-state index contributed by atoms with van der Waals surface area (Å²) in [6.45, 7) is 55.0. The summed E-state index contributed by atoms with van der Waals surface area (Å²) in [6.07, 6.45) is 55.6. The molecule has 0 spiro atoms. The van der Waals surface area contributed by atoms with E-state index in [0.717, 1.165) is 98.1 Å². The van der Waals surface area contributed by atoms with Crippen LogP contribution in [0.15, 0.2) is 71.8 Å². The Morgan fingerprint density at radius 3 is 1.50 bits per heavy atom. The van der Waals surface area contributed by atoms with Gasteiger partial charge in [-0.3, -0.25) is 32.1 Å². The van der Waals surface area contributed by atoms with Gasteiger partial charge in [0.2, 0.25) is 0 Å². The number of halogens is 3. The molecule has 1 aliphatic heterocycles. The van der Waals surface area contributed by atoms with Crippen molar-refractivity contribution in [2.45, 2.75) is 401 Å². The summed E-state index contributed by atoms with van der Waals surface area (Å²) in [4.78, 5) is 76.8. The SMILES string of the molecule is C=CC1(C)CC=C(C)CC1.C=CCOC1CC2(C)CCC(C2)C1C.CC(=O)OC1=C(C)C2CCC(C)(C1)C2.CC(=O)OC1=CC2(C)CCC(C2)C1C.CC(=O)OC1CC2(C)CCC(C2)C1C.CC(=O)OO.CC12CCC(C1)C1(C)OC1C2.CC1=CCC2(C)CCC1C2.CC1C(=O)CC2(C)CCC1C2.COC(=O)OC1CC2(C)CCC(C2)C1C.FB(F)F.O=[P+]([O-])OO.[HH]. The van der Waals surface area contributed by atoms with Gasteiger partial charge in [-0.2, -0.15) is 5.26 Å². The van der Waals surface area contributed by atoms with E-state index in [1.54, 1.807) is 11.1 Å². The summed E-state index contributed by atoms with van der Waals surface area (Å²) in [6, 6.07) is 0. The topological polar surface area (TPSA) is 269 Å². The number of esters is 3. The van der Waals surface area contributed by atoms with Gasteiger partial charge in [0.15, 0.2) is 0 Å². The van der Waals surface area contributed by atoms with E-state index in [1.807, 2.05) is 6.08 Å². The van der Waals surface area contributed by atoms with Crippen LogP contribution in [0.4, 0.5) is 17.7 Å². The van der Waals surface area contributed by atoms with E-state index >= 15 is 0 Å². The predicted octanol–water partition coefficient (Wildman–Crippen LogP) is 26.9. The fourth-order valence-corrected chi connectivity index (χ4v) is 25.7. The van der Waals surface area contributed by atoms with Gasteiger partial charge in [-0.25, -0.2) is 14.8 Å². The number of carbonyl (C=O) groups excluding carboxylic acids is 6. The van der Waals surface area contributed by atoms with Crippen molar-refractivity contribution in [3.05, 3.63) is 71.8 Å². The number of Topliss-reactive ketones (excluding diaryl/α,β-unsaturated/α-hetero) is 1. The summed E-state index contributed by atoms with van der Waals surface area (Å²) >= 11 is 0. The molecule has 16 bridgehead atoms. The first kappa shape index (κ1) is 109. The Morgan fingerprint density at radius 2 is 1.01 bits per heavy atom. The number of allylic oxidation sites excluding steroid dienone is 9. The first-order valence-corrected chi connectivity index (χ1v) is 49.4. The highest BCUT2D eigenvalue weighted by atomic mass is 31.1. The summed E-state index contributed by atoms with van der Waals surface area (Å²) in [5.74, 6) is 10.2. The molecule has 0 aromatic rings. The molecule has 28 unspecified atom stereocenters. The molecule has 17 aliphatic carbocycles. The number of hydrogen-bond acceptors (Lipinski definition) is 19. The molecular formula is C103H169BF3O19P. The molecule has 0 radical (unpaired) electrons. The van der Waals surface area contributed by atoms with E-state index < -0.39 is 27.9 Å². The van der Waals surface area contributed by atoms with E-state index in [9.17, 15) is 41.7 Å². The van der Waals surface area contributed by atoms with Crippen LogP contribution < -0.4 is 4.89 Å². The van der Waals surface area contributed by atoms with E-state index in [-0.39, 0.29) is 31.5 Å². The highest BCUT2D eigenvalue weighted by molar-refractivity contribution is 7.30. The first-order valence-electron chi connectivity index (χ1n) is 48.4. The Balaban J connectivity index is 0.000000218. The average molecular weight is 1810 g/mol. The van der Waals surface area contributed by atoms with Crippen molar-refractivity contribution in [1.82, 2.24) is 0 Å². The van der Waals surface area contributed by atoms with Crippen LogP contribution in [-0.4, -0.2) is 97.6 Å². The number of methoxy groups -OCH3 is 1. The Morgan fingerprint density at radius 1 is 0.551 bits per heavy atom. The lowest BCUT2D eigenvalue weighted by molar-refractivity contribution is -0.244. The molecule has 28 atom stereocenters. The van der Waals surface area contributed by atoms with Crippen LogP contribution >= 0.6 is 8.25 Å². The normalized spacial score (nSPS) is 41.0. The van der Waals surface area contributed by atoms with Crippen LogP contribution in [0.1, 0.15) is 372 Å². The van der Waals surface area contributed by atoms with Crippen molar-refractivity contribution < 1.29 is 106 Å². The van der Waals surface area contributed by atoms with Crippen molar-refractivity contribution in [2.75, 3.05) is 13.7 Å². The largest absolute Gasteiger partial charge is 0.762 e. The van der Waals surface area contributed by atoms with Crippen LogP contribution in [0.5, 0.6) is 0 Å². The number of hydrogen-bond donors (Lipinski definition) is 2. The van der Waals surface area contributed by atoms with Crippen molar-refractivity contribution >= 4 is 51.6 Å². The van der Waals surface area contributed by atoms with Crippen molar-refractivity contribution in [3.8, 4) is 0 Å². The predicted molar refractivity (Wildman–Crippen MR) is 494 cm³/mol. The minimum Gasteiger partial charge on any atom is -0.565 e. The lowest BCUT2D eigenvalue weighted by Crippen LogP contribution is -2.37. The van der Waals surface area contributed by atoms with E-state index in [1.165, 1.54) is 226 Å². The highest BCUT2D eigenvalue weighted by Crippen LogP contribution is 2.65. The number of carbonyl (C=O) groups is 6. The second-order valence-electron chi connectivity index (χ2n) is 45.9. The maximum absolute atomic E-state index is 11.5. The lowest BCUT2D eigenvalue weighted by atomic mass is 9.71. The Labute approximate surface area is 765 Å². The molecule has 1 saturated heterocycles. The van der Waals surface area contributed by atoms with E-state index in [0.29, 0.717) is 102 Å². The van der Waals surface area contributed by atoms with Gasteiger partial charge in [0.25, 0.3) is 0 Å². The fraction of sp³-hybridized carbons (Fsp3) is 0.825. The molecule has 2 N–H and O–H groups in total. The molecule has 724 valence electrons. The Bertz CT molecular complexity index is 3860. The van der Waals surface area contributed by atoms with Gasteiger partial charge in [0, 0.05) is 58.5 Å². The second kappa shape index (κ2) is 46.3. The Hall–Kier alpha value is -5.03. The fourth-order valence-electron chi connectivity index (χ4n) is 25.7. The smallest absolute Gasteiger partial charge is 0.565 e. The maximum atomic E-state index is 11.5. The molecular weight excluding hydrogens is 1640 g/mol. The average Bonchev–Trinajstić information content (AvgIpc) is 1.54. The van der Waals surface area contributed by atoms with Gasteiger partial charge >= 0.3 is 45.8 Å². The van der Waals surface area contributed by atoms with Crippen molar-refractivity contribution in [2.24, 2.45) is 126 Å². The zero-order chi connectivity index (χ0) is 95.0. The molecule has 1 heterocycles. The summed E-state index contributed by atoms with van der Waals surface area (Å²) in [7, 11) is -5.34. The molecule has 127 heavy (non-hydrogen) atoms. The second-order valence-corrected chi connectivity index (χ2v) is 46.5. The number of fused-ring (bicyclic) bond motifs is 18. The van der Waals surface area contributed by atoms with Crippen molar-refractivity contribution in [3.63, 3.8) is 0 Å². The summed E-state index contributed by atoms with van der Waals surface area (Å²) in [5, 5.41) is 14.3. The molecule has 14 fully saturated rings.